The number of hydrogen-bond acceptors (Lipinski definition) is 2. The van der Waals surface area contributed by atoms with Crippen molar-refractivity contribution in [2.75, 3.05) is 18.0 Å². The van der Waals surface area contributed by atoms with Crippen LogP contribution in [0.15, 0.2) is 18.2 Å². The highest BCUT2D eigenvalue weighted by atomic mass is 19.2. The molecule has 4 nitrogen and oxygen atoms in total. The molecule has 0 saturated carbocycles. The molecule has 0 aliphatic carbocycles. The summed E-state index contributed by atoms with van der Waals surface area (Å²) in [7, 11) is 0. The van der Waals surface area contributed by atoms with Crippen molar-refractivity contribution < 1.29 is 18.4 Å². The molecule has 1 aromatic carbocycles. The lowest BCUT2D eigenvalue weighted by Gasteiger charge is -2.22. The first-order chi connectivity index (χ1) is 10.2. The van der Waals surface area contributed by atoms with Gasteiger partial charge in [-0.05, 0) is 19.1 Å². The van der Waals surface area contributed by atoms with Gasteiger partial charge in [0.2, 0.25) is 11.8 Å². The molecule has 0 radical (unpaired) electrons. The van der Waals surface area contributed by atoms with Gasteiger partial charge >= 0.3 is 0 Å². The Morgan fingerprint density at radius 2 is 1.82 bits per heavy atom. The maximum atomic E-state index is 13.3. The van der Waals surface area contributed by atoms with E-state index < -0.39 is 17.0 Å². The van der Waals surface area contributed by atoms with Crippen LogP contribution in [-0.4, -0.2) is 24.9 Å². The van der Waals surface area contributed by atoms with Crippen LogP contribution in [0.1, 0.15) is 34.1 Å². The number of carbonyl (C=O) groups is 2. The van der Waals surface area contributed by atoms with E-state index >= 15 is 0 Å². The third-order valence-electron chi connectivity index (χ3n) is 3.14. The van der Waals surface area contributed by atoms with Gasteiger partial charge in [0.15, 0.2) is 11.6 Å². The van der Waals surface area contributed by atoms with Crippen molar-refractivity contribution in [3.05, 3.63) is 29.8 Å². The van der Waals surface area contributed by atoms with Crippen molar-refractivity contribution in [1.82, 2.24) is 5.32 Å². The first-order valence-corrected chi connectivity index (χ1v) is 7.20. The smallest absolute Gasteiger partial charge is 0.228 e. The van der Waals surface area contributed by atoms with Gasteiger partial charge in [-0.1, -0.05) is 20.8 Å². The van der Waals surface area contributed by atoms with Crippen molar-refractivity contribution in [3.63, 3.8) is 0 Å². The van der Waals surface area contributed by atoms with Crippen molar-refractivity contribution in [2.45, 2.75) is 34.1 Å². The first-order valence-electron chi connectivity index (χ1n) is 7.20. The van der Waals surface area contributed by atoms with Gasteiger partial charge in [-0.15, -0.1) is 0 Å². The molecule has 1 N–H and O–H groups in total. The normalized spacial score (nSPS) is 11.2. The van der Waals surface area contributed by atoms with Crippen LogP contribution in [0.4, 0.5) is 14.5 Å². The van der Waals surface area contributed by atoms with Gasteiger partial charge in [-0.2, -0.15) is 0 Å². The molecule has 2 amide bonds. The summed E-state index contributed by atoms with van der Waals surface area (Å²) >= 11 is 0. The number of rotatable bonds is 5. The number of nitrogens with one attached hydrogen (secondary N) is 1. The van der Waals surface area contributed by atoms with Crippen LogP contribution < -0.4 is 10.2 Å². The van der Waals surface area contributed by atoms with E-state index in [0.717, 1.165) is 12.1 Å². The minimum absolute atomic E-state index is 0.0919. The minimum Gasteiger partial charge on any atom is -0.355 e. The molecule has 0 saturated heterocycles. The fourth-order valence-corrected chi connectivity index (χ4v) is 1.84. The summed E-state index contributed by atoms with van der Waals surface area (Å²) in [4.78, 5) is 25.2. The Balaban J connectivity index is 2.65. The molecule has 0 fully saturated rings. The second kappa shape index (κ2) is 7.33. The van der Waals surface area contributed by atoms with Crippen molar-refractivity contribution >= 4 is 17.5 Å². The minimum atomic E-state index is -0.996. The van der Waals surface area contributed by atoms with Crippen LogP contribution >= 0.6 is 0 Å². The largest absolute Gasteiger partial charge is 0.355 e. The summed E-state index contributed by atoms with van der Waals surface area (Å²) < 4.78 is 26.2. The Hall–Kier alpha value is -1.98. The highest BCUT2D eigenvalue weighted by molar-refractivity contribution is 5.93. The first kappa shape index (κ1) is 18.1. The summed E-state index contributed by atoms with van der Waals surface area (Å²) in [6.07, 6.45) is 0.0919. The zero-order chi connectivity index (χ0) is 16.9. The SMILES string of the molecule is CCN(C(=O)CCNC(=O)C(C)(C)C)c1ccc(F)c(F)c1. The summed E-state index contributed by atoms with van der Waals surface area (Å²) in [6.45, 7) is 7.62. The Morgan fingerprint density at radius 3 is 2.32 bits per heavy atom. The lowest BCUT2D eigenvalue weighted by Crippen LogP contribution is -2.38. The van der Waals surface area contributed by atoms with Crippen LogP contribution in [0.5, 0.6) is 0 Å². The summed E-state index contributed by atoms with van der Waals surface area (Å²) in [5, 5.41) is 2.68. The average molecular weight is 312 g/mol. The Kier molecular flexibility index (Phi) is 6.02. The van der Waals surface area contributed by atoms with Crippen molar-refractivity contribution in [3.8, 4) is 0 Å². The molecule has 22 heavy (non-hydrogen) atoms. The van der Waals surface area contributed by atoms with E-state index in [4.69, 9.17) is 0 Å². The monoisotopic (exact) mass is 312 g/mol. The van der Waals surface area contributed by atoms with Crippen LogP contribution in [0.25, 0.3) is 0 Å². The fraction of sp³-hybridized carbons (Fsp3) is 0.500. The van der Waals surface area contributed by atoms with Crippen LogP contribution in [-0.2, 0) is 9.59 Å². The van der Waals surface area contributed by atoms with E-state index in [0.29, 0.717) is 12.2 Å². The lowest BCUT2D eigenvalue weighted by molar-refractivity contribution is -0.128. The summed E-state index contributed by atoms with van der Waals surface area (Å²) in [5.41, 5.74) is -0.221. The molecule has 0 aliphatic heterocycles. The van der Waals surface area contributed by atoms with E-state index in [-0.39, 0.29) is 24.8 Å². The molecule has 1 aromatic rings. The third-order valence-corrected chi connectivity index (χ3v) is 3.14. The molecule has 0 aromatic heterocycles. The third kappa shape index (κ3) is 4.79. The Labute approximate surface area is 129 Å². The molecule has 0 atom stereocenters. The topological polar surface area (TPSA) is 49.4 Å². The maximum Gasteiger partial charge on any atom is 0.228 e. The molecule has 1 rings (SSSR count). The van der Waals surface area contributed by atoms with Gasteiger partial charge in [0.1, 0.15) is 0 Å². The molecule has 0 heterocycles. The van der Waals surface area contributed by atoms with Crippen LogP contribution in [0.3, 0.4) is 0 Å². The second-order valence-corrected chi connectivity index (χ2v) is 5.99. The maximum absolute atomic E-state index is 13.3. The van der Waals surface area contributed by atoms with Gasteiger partial charge < -0.3 is 10.2 Å². The van der Waals surface area contributed by atoms with E-state index in [1.807, 2.05) is 0 Å². The Morgan fingerprint density at radius 1 is 1.18 bits per heavy atom. The molecule has 6 heteroatoms. The summed E-state index contributed by atoms with van der Waals surface area (Å²) in [6, 6.07) is 3.33. The van der Waals surface area contributed by atoms with E-state index in [1.165, 1.54) is 11.0 Å². The number of hydrogen-bond donors (Lipinski definition) is 1. The van der Waals surface area contributed by atoms with E-state index in [9.17, 15) is 18.4 Å². The predicted molar refractivity (Wildman–Crippen MR) is 81.5 cm³/mol. The standard InChI is InChI=1S/C16H22F2N2O2/c1-5-20(11-6-7-12(17)13(18)10-11)14(21)8-9-19-15(22)16(2,3)4/h6-7,10H,5,8-9H2,1-4H3,(H,19,22). The predicted octanol–water partition coefficient (Wildman–Crippen LogP) is 2.87. The molecule has 122 valence electrons. The van der Waals surface area contributed by atoms with E-state index in [2.05, 4.69) is 5.32 Å². The van der Waals surface area contributed by atoms with Gasteiger partial charge in [0.05, 0.1) is 0 Å². The Bertz CT molecular complexity index is 554. The highest BCUT2D eigenvalue weighted by Crippen LogP contribution is 2.18. The quantitative estimate of drug-likeness (QED) is 0.909. The van der Waals surface area contributed by atoms with Crippen LogP contribution in [0.2, 0.25) is 0 Å². The van der Waals surface area contributed by atoms with Gasteiger partial charge in [0, 0.05) is 36.7 Å². The summed E-state index contributed by atoms with van der Waals surface area (Å²) in [5.74, 6) is -2.35. The molecule has 0 spiro atoms. The number of amides is 2. The fourth-order valence-electron chi connectivity index (χ4n) is 1.84. The van der Waals surface area contributed by atoms with Crippen molar-refractivity contribution in [2.24, 2.45) is 5.41 Å². The van der Waals surface area contributed by atoms with E-state index in [1.54, 1.807) is 27.7 Å². The zero-order valence-electron chi connectivity index (χ0n) is 13.4. The van der Waals surface area contributed by atoms with Gasteiger partial charge in [-0.3, -0.25) is 9.59 Å². The van der Waals surface area contributed by atoms with Gasteiger partial charge in [0.25, 0.3) is 0 Å². The number of nitrogens with zero attached hydrogens (tertiary/aromatic N) is 1. The molecular formula is C16H22F2N2O2. The lowest BCUT2D eigenvalue weighted by atomic mass is 9.96. The molecule has 0 bridgehead atoms. The van der Waals surface area contributed by atoms with Crippen molar-refractivity contribution in [1.29, 1.82) is 0 Å². The second-order valence-electron chi connectivity index (χ2n) is 5.99. The van der Waals surface area contributed by atoms with Gasteiger partial charge in [-0.25, -0.2) is 8.78 Å². The zero-order valence-corrected chi connectivity index (χ0v) is 13.4. The number of anilines is 1. The molecule has 0 unspecified atom stereocenters. The number of halogens is 2. The van der Waals surface area contributed by atoms with Crippen LogP contribution in [0, 0.1) is 17.0 Å². The molecule has 0 aliphatic rings. The average Bonchev–Trinajstić information content (AvgIpc) is 2.42. The number of carbonyl (C=O) groups excluding carboxylic acids is 2. The highest BCUT2D eigenvalue weighted by Gasteiger charge is 2.21. The molecular weight excluding hydrogens is 290 g/mol. The number of benzene rings is 1.